The molecule has 2 aliphatic heterocycles. The third-order valence-corrected chi connectivity index (χ3v) is 5.90. The van der Waals surface area contributed by atoms with Gasteiger partial charge in [0.1, 0.15) is 5.92 Å². The standard InChI is InChI=1S/C18H23Cl2N3O2/c1-11(21)16-4-2-3-8-23(16)18(25)13-7-9-22(17(13)24)12-5-6-14(19)15(20)10-12/h5-6,10-11,13,16H,2-4,7-9,21H2,1H3. The van der Waals surface area contributed by atoms with Gasteiger partial charge in [-0.1, -0.05) is 23.2 Å². The SMILES string of the molecule is CC(N)C1CCCCN1C(=O)C1CCN(c2ccc(Cl)c(Cl)c2)C1=O. The van der Waals surface area contributed by atoms with E-state index in [1.807, 2.05) is 11.8 Å². The minimum Gasteiger partial charge on any atom is -0.337 e. The molecule has 2 fully saturated rings. The summed E-state index contributed by atoms with van der Waals surface area (Å²) < 4.78 is 0. The zero-order valence-electron chi connectivity index (χ0n) is 14.3. The number of nitrogens with two attached hydrogens (primary N) is 1. The van der Waals surface area contributed by atoms with Crippen molar-refractivity contribution in [2.45, 2.75) is 44.7 Å². The van der Waals surface area contributed by atoms with Crippen LogP contribution >= 0.6 is 23.2 Å². The van der Waals surface area contributed by atoms with E-state index in [0.29, 0.717) is 35.2 Å². The molecule has 1 aromatic carbocycles. The normalized spacial score (nSPS) is 25.4. The molecule has 25 heavy (non-hydrogen) atoms. The van der Waals surface area contributed by atoms with Gasteiger partial charge in [-0.3, -0.25) is 9.59 Å². The van der Waals surface area contributed by atoms with Crippen LogP contribution in [-0.4, -0.2) is 41.9 Å². The van der Waals surface area contributed by atoms with Crippen molar-refractivity contribution in [1.29, 1.82) is 0 Å². The number of halogens is 2. The molecule has 0 radical (unpaired) electrons. The molecule has 0 aromatic heterocycles. The first-order chi connectivity index (χ1) is 11.9. The topological polar surface area (TPSA) is 66.6 Å². The van der Waals surface area contributed by atoms with Crippen LogP contribution in [0.5, 0.6) is 0 Å². The number of nitrogens with zero attached hydrogens (tertiary/aromatic N) is 2. The number of piperidine rings is 1. The zero-order chi connectivity index (χ0) is 18.1. The second kappa shape index (κ2) is 7.52. The first kappa shape index (κ1) is 18.5. The summed E-state index contributed by atoms with van der Waals surface area (Å²) in [6, 6.07) is 5.02. The molecule has 2 N–H and O–H groups in total. The molecule has 136 valence electrons. The van der Waals surface area contributed by atoms with Gasteiger partial charge in [0.15, 0.2) is 0 Å². The second-order valence-electron chi connectivity index (χ2n) is 6.88. The van der Waals surface area contributed by atoms with Crippen LogP contribution < -0.4 is 10.6 Å². The largest absolute Gasteiger partial charge is 0.337 e. The lowest BCUT2D eigenvalue weighted by atomic mass is 9.94. The highest BCUT2D eigenvalue weighted by Crippen LogP contribution is 2.32. The Labute approximate surface area is 158 Å². The maximum Gasteiger partial charge on any atom is 0.239 e. The smallest absolute Gasteiger partial charge is 0.239 e. The Hall–Kier alpha value is -1.30. The lowest BCUT2D eigenvalue weighted by molar-refractivity contribution is -0.143. The maximum atomic E-state index is 13.0. The predicted molar refractivity (Wildman–Crippen MR) is 99.9 cm³/mol. The number of carbonyl (C=O) groups excluding carboxylic acids is 2. The molecule has 3 atom stereocenters. The number of anilines is 1. The summed E-state index contributed by atoms with van der Waals surface area (Å²) >= 11 is 12.0. The molecule has 0 aliphatic carbocycles. The first-order valence-corrected chi connectivity index (χ1v) is 9.48. The Morgan fingerprint density at radius 2 is 1.96 bits per heavy atom. The third-order valence-electron chi connectivity index (χ3n) is 5.16. The van der Waals surface area contributed by atoms with E-state index in [1.54, 1.807) is 23.1 Å². The highest BCUT2D eigenvalue weighted by Gasteiger charge is 2.42. The fourth-order valence-corrected chi connectivity index (χ4v) is 4.09. The molecule has 3 rings (SSSR count). The van der Waals surface area contributed by atoms with Gasteiger partial charge in [0.05, 0.1) is 10.0 Å². The van der Waals surface area contributed by atoms with Crippen LogP contribution in [0.15, 0.2) is 18.2 Å². The number of likely N-dealkylation sites (tertiary alicyclic amines) is 1. The molecule has 5 nitrogen and oxygen atoms in total. The van der Waals surface area contributed by atoms with Crippen molar-refractivity contribution < 1.29 is 9.59 Å². The Balaban J connectivity index is 1.76. The van der Waals surface area contributed by atoms with Crippen LogP contribution in [0.3, 0.4) is 0 Å². The van der Waals surface area contributed by atoms with Crippen molar-refractivity contribution in [3.05, 3.63) is 28.2 Å². The van der Waals surface area contributed by atoms with Gasteiger partial charge in [-0.15, -0.1) is 0 Å². The number of hydrogen-bond donors (Lipinski definition) is 1. The summed E-state index contributed by atoms with van der Waals surface area (Å²) in [7, 11) is 0. The third kappa shape index (κ3) is 3.64. The zero-order valence-corrected chi connectivity index (χ0v) is 15.8. The molecule has 1 aromatic rings. The Morgan fingerprint density at radius 3 is 2.64 bits per heavy atom. The molecule has 2 heterocycles. The van der Waals surface area contributed by atoms with E-state index in [0.717, 1.165) is 19.3 Å². The van der Waals surface area contributed by atoms with Gasteiger partial charge >= 0.3 is 0 Å². The summed E-state index contributed by atoms with van der Waals surface area (Å²) in [6.07, 6.45) is 3.46. The van der Waals surface area contributed by atoms with E-state index in [9.17, 15) is 9.59 Å². The van der Waals surface area contributed by atoms with Crippen LogP contribution in [0.2, 0.25) is 10.0 Å². The van der Waals surface area contributed by atoms with Crippen molar-refractivity contribution in [1.82, 2.24) is 4.90 Å². The van der Waals surface area contributed by atoms with Crippen molar-refractivity contribution in [2.75, 3.05) is 18.0 Å². The van der Waals surface area contributed by atoms with Gasteiger partial charge in [0, 0.05) is 30.9 Å². The van der Waals surface area contributed by atoms with Gasteiger partial charge in [0.2, 0.25) is 11.8 Å². The number of rotatable bonds is 3. The molecule has 7 heteroatoms. The molecule has 2 saturated heterocycles. The van der Waals surface area contributed by atoms with Crippen molar-refractivity contribution in [3.63, 3.8) is 0 Å². The number of carbonyl (C=O) groups is 2. The first-order valence-electron chi connectivity index (χ1n) is 8.72. The molecule has 0 spiro atoms. The van der Waals surface area contributed by atoms with E-state index in [1.165, 1.54) is 0 Å². The van der Waals surface area contributed by atoms with Crippen LogP contribution in [-0.2, 0) is 9.59 Å². The van der Waals surface area contributed by atoms with Gasteiger partial charge in [-0.05, 0) is 50.8 Å². The predicted octanol–water partition coefficient (Wildman–Crippen LogP) is 3.07. The van der Waals surface area contributed by atoms with Crippen LogP contribution in [0.4, 0.5) is 5.69 Å². The Kier molecular flexibility index (Phi) is 5.56. The van der Waals surface area contributed by atoms with Gasteiger partial charge < -0.3 is 15.5 Å². The molecule has 2 amide bonds. The molecular weight excluding hydrogens is 361 g/mol. The minimum atomic E-state index is -0.631. The lowest BCUT2D eigenvalue weighted by Crippen LogP contribution is -2.54. The average molecular weight is 384 g/mol. The van der Waals surface area contributed by atoms with Crippen molar-refractivity contribution >= 4 is 40.7 Å². The Morgan fingerprint density at radius 1 is 1.20 bits per heavy atom. The highest BCUT2D eigenvalue weighted by atomic mass is 35.5. The second-order valence-corrected chi connectivity index (χ2v) is 7.70. The fourth-order valence-electron chi connectivity index (χ4n) is 3.80. The van der Waals surface area contributed by atoms with E-state index in [-0.39, 0.29) is 23.9 Å². The summed E-state index contributed by atoms with van der Waals surface area (Å²) in [5.41, 5.74) is 6.74. The number of hydrogen-bond acceptors (Lipinski definition) is 3. The molecule has 2 aliphatic rings. The minimum absolute atomic E-state index is 0.0214. The van der Waals surface area contributed by atoms with Gasteiger partial charge in [0.25, 0.3) is 0 Å². The summed E-state index contributed by atoms with van der Waals surface area (Å²) in [6.45, 7) is 3.11. The summed E-state index contributed by atoms with van der Waals surface area (Å²) in [5, 5.41) is 0.840. The summed E-state index contributed by atoms with van der Waals surface area (Å²) in [5.74, 6) is -0.888. The van der Waals surface area contributed by atoms with E-state index in [4.69, 9.17) is 28.9 Å². The van der Waals surface area contributed by atoms with Crippen molar-refractivity contribution in [2.24, 2.45) is 11.7 Å². The van der Waals surface area contributed by atoms with Crippen LogP contribution in [0, 0.1) is 5.92 Å². The van der Waals surface area contributed by atoms with Crippen LogP contribution in [0.1, 0.15) is 32.6 Å². The fraction of sp³-hybridized carbons (Fsp3) is 0.556. The van der Waals surface area contributed by atoms with Gasteiger partial charge in [-0.25, -0.2) is 0 Å². The van der Waals surface area contributed by atoms with Crippen LogP contribution in [0.25, 0.3) is 0 Å². The highest BCUT2D eigenvalue weighted by molar-refractivity contribution is 6.42. The summed E-state index contributed by atoms with van der Waals surface area (Å²) in [4.78, 5) is 29.3. The molecule has 0 saturated carbocycles. The van der Waals surface area contributed by atoms with Gasteiger partial charge in [-0.2, -0.15) is 0 Å². The average Bonchev–Trinajstić information content (AvgIpc) is 2.98. The van der Waals surface area contributed by atoms with Crippen molar-refractivity contribution in [3.8, 4) is 0 Å². The number of benzene rings is 1. The molecule has 0 bridgehead atoms. The van der Waals surface area contributed by atoms with E-state index < -0.39 is 5.92 Å². The van der Waals surface area contributed by atoms with E-state index in [2.05, 4.69) is 0 Å². The quantitative estimate of drug-likeness (QED) is 0.815. The lowest BCUT2D eigenvalue weighted by Gasteiger charge is -2.39. The molecular formula is C18H23Cl2N3O2. The van der Waals surface area contributed by atoms with E-state index >= 15 is 0 Å². The number of amides is 2. The monoisotopic (exact) mass is 383 g/mol. The Bertz CT molecular complexity index is 680. The maximum absolute atomic E-state index is 13.0. The molecule has 3 unspecified atom stereocenters.